The van der Waals surface area contributed by atoms with Crippen LogP contribution in [0.3, 0.4) is 0 Å². The van der Waals surface area contributed by atoms with Gasteiger partial charge in [0.15, 0.2) is 6.10 Å². The predicted octanol–water partition coefficient (Wildman–Crippen LogP) is 2.91. The van der Waals surface area contributed by atoms with Gasteiger partial charge in [0, 0.05) is 5.69 Å². The monoisotopic (exact) mass is 486 g/mol. The fraction of sp³-hybridized carbons (Fsp3) is 0.381. The molecule has 2 N–H and O–H groups in total. The highest BCUT2D eigenvalue weighted by molar-refractivity contribution is 7.88. The Morgan fingerprint density at radius 1 is 1.03 bits per heavy atom. The van der Waals surface area contributed by atoms with Gasteiger partial charge in [0.25, 0.3) is 0 Å². The van der Waals surface area contributed by atoms with Crippen LogP contribution in [0.15, 0.2) is 54.6 Å². The summed E-state index contributed by atoms with van der Waals surface area (Å²) in [7, 11) is -3.68. The third-order valence-corrected chi connectivity index (χ3v) is 6.61. The molecule has 0 radical (unpaired) electrons. The molecule has 2 aromatic rings. The smallest absolute Gasteiger partial charge is 0.416 e. The van der Waals surface area contributed by atoms with E-state index in [4.69, 9.17) is 14.2 Å². The van der Waals surface area contributed by atoms with Gasteiger partial charge in [-0.05, 0) is 23.8 Å². The Kier molecular flexibility index (Phi) is 6.61. The zero-order valence-electron chi connectivity index (χ0n) is 17.1. The number of hydrogen-bond donors (Lipinski definition) is 2. The standard InChI is InChI=1S/C21H21F3N2O6S/c22-21(23,24)14-7-4-8-15(9-14)25-20(27)32-17-11-31-18-16(10-30-19(17)18)26-33(28,29)12-13-5-2-1-3-6-13/h1-9,16-19,26H,10-12H2,(H,25,27)/t16-,17+,18+,19+/m0/s1. The molecule has 0 saturated carbocycles. The minimum atomic E-state index is -4.55. The number of alkyl halides is 3. The van der Waals surface area contributed by atoms with Crippen LogP contribution in [0.25, 0.3) is 0 Å². The summed E-state index contributed by atoms with van der Waals surface area (Å²) in [6, 6.07) is 12.2. The van der Waals surface area contributed by atoms with Gasteiger partial charge in [-0.25, -0.2) is 17.9 Å². The number of amides is 1. The van der Waals surface area contributed by atoms with Crippen molar-refractivity contribution in [2.24, 2.45) is 0 Å². The van der Waals surface area contributed by atoms with Crippen molar-refractivity contribution in [2.45, 2.75) is 36.3 Å². The van der Waals surface area contributed by atoms with Crippen LogP contribution in [-0.2, 0) is 36.2 Å². The number of anilines is 1. The number of carbonyl (C=O) groups is 1. The summed E-state index contributed by atoms with van der Waals surface area (Å²) in [6.45, 7) is -0.0132. The number of nitrogens with one attached hydrogen (secondary N) is 2. The van der Waals surface area contributed by atoms with Crippen LogP contribution in [0.5, 0.6) is 0 Å². The van der Waals surface area contributed by atoms with Gasteiger partial charge in [-0.3, -0.25) is 5.32 Å². The first kappa shape index (κ1) is 23.5. The summed E-state index contributed by atoms with van der Waals surface area (Å²) in [4.78, 5) is 12.2. The number of halogens is 3. The molecule has 2 heterocycles. The number of carbonyl (C=O) groups excluding carboxylic acids is 1. The first-order valence-corrected chi connectivity index (χ1v) is 11.7. The molecular formula is C21H21F3N2O6S. The van der Waals surface area contributed by atoms with Gasteiger partial charge in [-0.15, -0.1) is 0 Å². The molecule has 4 rings (SSSR count). The van der Waals surface area contributed by atoms with Crippen molar-refractivity contribution in [3.63, 3.8) is 0 Å². The van der Waals surface area contributed by atoms with Crippen LogP contribution in [0.2, 0.25) is 0 Å². The zero-order chi connectivity index (χ0) is 23.6. The van der Waals surface area contributed by atoms with Gasteiger partial charge in [0.2, 0.25) is 10.0 Å². The highest BCUT2D eigenvalue weighted by Gasteiger charge is 2.50. The molecule has 0 spiro atoms. The predicted molar refractivity (Wildman–Crippen MR) is 111 cm³/mol. The average molecular weight is 486 g/mol. The molecule has 2 aliphatic rings. The fourth-order valence-electron chi connectivity index (χ4n) is 3.79. The van der Waals surface area contributed by atoms with Crippen molar-refractivity contribution in [3.8, 4) is 0 Å². The first-order valence-electron chi connectivity index (χ1n) is 10.0. The molecule has 178 valence electrons. The molecule has 0 unspecified atom stereocenters. The molecule has 0 bridgehead atoms. The van der Waals surface area contributed by atoms with E-state index in [9.17, 15) is 26.4 Å². The number of rotatable bonds is 6. The third-order valence-electron chi connectivity index (χ3n) is 5.23. The molecule has 0 aromatic heterocycles. The second-order valence-corrected chi connectivity index (χ2v) is 9.47. The molecule has 2 fully saturated rings. The molecule has 1 amide bonds. The first-order chi connectivity index (χ1) is 15.6. The Bertz CT molecular complexity index is 1100. The highest BCUT2D eigenvalue weighted by atomic mass is 32.2. The van der Waals surface area contributed by atoms with Crippen molar-refractivity contribution in [1.82, 2.24) is 4.72 Å². The summed E-state index contributed by atoms with van der Waals surface area (Å²) in [6.07, 6.45) is -7.73. The lowest BCUT2D eigenvalue weighted by molar-refractivity contribution is -0.137. The SMILES string of the molecule is O=C(Nc1cccc(C(F)(F)F)c1)O[C@@H]1CO[C@H]2[C@@H]1OC[C@@H]2NS(=O)(=O)Cc1ccccc1. The van der Waals surface area contributed by atoms with Gasteiger partial charge in [0.05, 0.1) is 30.6 Å². The van der Waals surface area contributed by atoms with Gasteiger partial charge >= 0.3 is 12.3 Å². The molecule has 8 nitrogen and oxygen atoms in total. The maximum absolute atomic E-state index is 12.8. The topological polar surface area (TPSA) is 103 Å². The van der Waals surface area contributed by atoms with E-state index < -0.39 is 52.2 Å². The summed E-state index contributed by atoms with van der Waals surface area (Å²) < 4.78 is 82.6. The van der Waals surface area contributed by atoms with Crippen molar-refractivity contribution in [2.75, 3.05) is 18.5 Å². The van der Waals surface area contributed by atoms with Crippen LogP contribution in [-0.4, -0.2) is 52.1 Å². The maximum atomic E-state index is 12.8. The molecule has 4 atom stereocenters. The van der Waals surface area contributed by atoms with Gasteiger partial charge in [-0.2, -0.15) is 13.2 Å². The number of hydrogen-bond acceptors (Lipinski definition) is 6. The van der Waals surface area contributed by atoms with Crippen LogP contribution in [0.1, 0.15) is 11.1 Å². The molecule has 2 aromatic carbocycles. The van der Waals surface area contributed by atoms with Crippen molar-refractivity contribution in [1.29, 1.82) is 0 Å². The zero-order valence-corrected chi connectivity index (χ0v) is 17.9. The summed E-state index contributed by atoms with van der Waals surface area (Å²) >= 11 is 0. The summed E-state index contributed by atoms with van der Waals surface area (Å²) in [5.74, 6) is -0.207. The Morgan fingerprint density at radius 3 is 2.48 bits per heavy atom. The Balaban J connectivity index is 1.32. The lowest BCUT2D eigenvalue weighted by Crippen LogP contribution is -2.44. The van der Waals surface area contributed by atoms with Crippen molar-refractivity contribution >= 4 is 21.8 Å². The molecule has 2 saturated heterocycles. The summed E-state index contributed by atoms with van der Waals surface area (Å²) in [5, 5.41) is 2.25. The van der Waals surface area contributed by atoms with Crippen molar-refractivity contribution in [3.05, 3.63) is 65.7 Å². The molecule has 2 aliphatic heterocycles. The van der Waals surface area contributed by atoms with Crippen LogP contribution in [0.4, 0.5) is 23.7 Å². The van der Waals surface area contributed by atoms with Crippen LogP contribution in [0, 0.1) is 0 Å². The van der Waals surface area contributed by atoms with Crippen LogP contribution < -0.4 is 10.0 Å². The Labute approximate surface area is 188 Å². The van der Waals surface area contributed by atoms with E-state index in [2.05, 4.69) is 10.0 Å². The normalized spacial score (nSPS) is 24.9. The molecule has 0 aliphatic carbocycles. The number of benzene rings is 2. The van der Waals surface area contributed by atoms with E-state index in [0.29, 0.717) is 5.56 Å². The second-order valence-electron chi connectivity index (χ2n) is 7.71. The molecule has 12 heteroatoms. The number of sulfonamides is 1. The van der Waals surface area contributed by atoms with E-state index in [1.54, 1.807) is 30.3 Å². The van der Waals surface area contributed by atoms with Gasteiger partial charge in [0.1, 0.15) is 12.2 Å². The van der Waals surface area contributed by atoms with Crippen molar-refractivity contribution < 1.29 is 40.6 Å². The Morgan fingerprint density at radius 2 is 1.76 bits per heavy atom. The largest absolute Gasteiger partial charge is 0.441 e. The van der Waals surface area contributed by atoms with E-state index >= 15 is 0 Å². The highest BCUT2D eigenvalue weighted by Crippen LogP contribution is 2.32. The molecule has 33 heavy (non-hydrogen) atoms. The van der Waals surface area contributed by atoms with E-state index in [1.807, 2.05) is 0 Å². The Hall–Kier alpha value is -2.67. The van der Waals surface area contributed by atoms with Crippen LogP contribution >= 0.6 is 0 Å². The minimum Gasteiger partial charge on any atom is -0.441 e. The second kappa shape index (κ2) is 9.29. The van der Waals surface area contributed by atoms with Gasteiger partial charge in [-0.1, -0.05) is 36.4 Å². The number of ether oxygens (including phenoxy) is 3. The fourth-order valence-corrected chi connectivity index (χ4v) is 5.17. The lowest BCUT2D eigenvalue weighted by Gasteiger charge is -2.18. The van der Waals surface area contributed by atoms with Gasteiger partial charge < -0.3 is 14.2 Å². The third kappa shape index (κ3) is 5.82. The lowest BCUT2D eigenvalue weighted by atomic mass is 10.1. The van der Waals surface area contributed by atoms with E-state index in [-0.39, 0.29) is 24.7 Å². The molecular weight excluding hydrogens is 465 g/mol. The number of fused-ring (bicyclic) bond motifs is 1. The quantitative estimate of drug-likeness (QED) is 0.651. The van der Waals surface area contributed by atoms with E-state index in [0.717, 1.165) is 12.1 Å². The summed E-state index contributed by atoms with van der Waals surface area (Å²) in [5.41, 5.74) is -0.362. The maximum Gasteiger partial charge on any atom is 0.416 e. The average Bonchev–Trinajstić information content (AvgIpc) is 3.31. The van der Waals surface area contributed by atoms with E-state index in [1.165, 1.54) is 12.1 Å². The minimum absolute atomic E-state index is 0.0262.